The Hall–Kier alpha value is -1.64. The molecule has 27 heavy (non-hydrogen) atoms. The Morgan fingerprint density at radius 1 is 1.26 bits per heavy atom. The zero-order chi connectivity index (χ0) is 19.3. The van der Waals surface area contributed by atoms with E-state index in [1.807, 2.05) is 6.07 Å². The Morgan fingerprint density at radius 2 is 2.00 bits per heavy atom. The summed E-state index contributed by atoms with van der Waals surface area (Å²) in [5, 5.41) is -0.0452. The second kappa shape index (κ2) is 6.76. The van der Waals surface area contributed by atoms with Gasteiger partial charge in [-0.25, -0.2) is 12.8 Å². The number of hydrogen-bond acceptors (Lipinski definition) is 3. The van der Waals surface area contributed by atoms with Gasteiger partial charge in [0.1, 0.15) is 10.7 Å². The highest BCUT2D eigenvalue weighted by molar-refractivity contribution is 9.10. The van der Waals surface area contributed by atoms with Crippen LogP contribution in [0.4, 0.5) is 15.8 Å². The molecule has 1 fully saturated rings. The molecule has 2 aromatic rings. The van der Waals surface area contributed by atoms with Gasteiger partial charge in [0.25, 0.3) is 10.0 Å². The summed E-state index contributed by atoms with van der Waals surface area (Å²) in [6, 6.07) is 6.72. The highest BCUT2D eigenvalue weighted by Gasteiger charge is 2.39. The molecule has 2 aliphatic rings. The second-order valence-corrected chi connectivity index (χ2v) is 9.63. The predicted octanol–water partition coefficient (Wildman–Crippen LogP) is 4.34. The maximum atomic E-state index is 13.2. The second-order valence-electron chi connectivity index (χ2n) is 6.66. The van der Waals surface area contributed by atoms with Gasteiger partial charge in [0.15, 0.2) is 0 Å². The minimum absolute atomic E-state index is 0.00114. The van der Waals surface area contributed by atoms with Gasteiger partial charge in [0.05, 0.1) is 16.4 Å². The van der Waals surface area contributed by atoms with E-state index in [2.05, 4.69) is 20.7 Å². The van der Waals surface area contributed by atoms with Crippen LogP contribution in [0.5, 0.6) is 0 Å². The van der Waals surface area contributed by atoms with Crippen LogP contribution in [-0.4, -0.2) is 20.9 Å². The summed E-state index contributed by atoms with van der Waals surface area (Å²) >= 11 is 9.30. The average Bonchev–Trinajstić information content (AvgIpc) is 3.36. The Morgan fingerprint density at radius 3 is 2.67 bits per heavy atom. The maximum absolute atomic E-state index is 13.2. The molecular weight excluding hydrogens is 459 g/mol. The molecule has 0 spiro atoms. The van der Waals surface area contributed by atoms with Gasteiger partial charge >= 0.3 is 0 Å². The number of benzene rings is 2. The van der Waals surface area contributed by atoms with Crippen molar-refractivity contribution in [1.29, 1.82) is 0 Å². The molecule has 1 aliphatic heterocycles. The number of nitrogens with one attached hydrogen (secondary N) is 1. The molecule has 0 radical (unpaired) electrons. The molecule has 0 bridgehead atoms. The molecule has 2 aromatic carbocycles. The molecule has 0 saturated heterocycles. The van der Waals surface area contributed by atoms with Gasteiger partial charge in [-0.1, -0.05) is 27.5 Å². The van der Waals surface area contributed by atoms with E-state index in [0.717, 1.165) is 30.5 Å². The van der Waals surface area contributed by atoms with E-state index in [4.69, 9.17) is 11.6 Å². The van der Waals surface area contributed by atoms with E-state index in [1.54, 1.807) is 4.90 Å². The summed E-state index contributed by atoms with van der Waals surface area (Å²) in [7, 11) is -4.05. The average molecular weight is 474 g/mol. The predicted molar refractivity (Wildman–Crippen MR) is 105 cm³/mol. The Kier molecular flexibility index (Phi) is 4.68. The molecule has 1 N–H and O–H groups in total. The fourth-order valence-electron chi connectivity index (χ4n) is 3.22. The van der Waals surface area contributed by atoms with Crippen molar-refractivity contribution in [3.63, 3.8) is 0 Å². The van der Waals surface area contributed by atoms with Gasteiger partial charge in [-0.3, -0.25) is 9.52 Å². The first-order chi connectivity index (χ1) is 12.8. The number of carbonyl (C=O) groups is 1. The van der Waals surface area contributed by atoms with Crippen LogP contribution in [-0.2, 0) is 21.2 Å². The standard InChI is InChI=1S/C18H15BrClFN2O3S/c19-12-7-11-5-6-23(18(24)10-1-2-10)17(11)16(8-12)27(25,26)22-15-4-3-13(21)9-14(15)20/h3-4,7-10,22H,1-2,5-6H2. The fourth-order valence-corrected chi connectivity index (χ4v) is 5.50. The third-order valence-electron chi connectivity index (χ3n) is 4.65. The molecule has 4 rings (SSSR count). The van der Waals surface area contributed by atoms with Crippen LogP contribution in [0.3, 0.4) is 0 Å². The van der Waals surface area contributed by atoms with Gasteiger partial charge in [-0.2, -0.15) is 0 Å². The first-order valence-corrected chi connectivity index (χ1v) is 11.0. The Bertz CT molecular complexity index is 1060. The number of amides is 1. The molecule has 1 saturated carbocycles. The lowest BCUT2D eigenvalue weighted by Crippen LogP contribution is -2.31. The van der Waals surface area contributed by atoms with Crippen molar-refractivity contribution in [2.45, 2.75) is 24.2 Å². The maximum Gasteiger partial charge on any atom is 0.264 e. The molecule has 9 heteroatoms. The number of nitrogens with zero attached hydrogens (tertiary/aromatic N) is 1. The minimum atomic E-state index is -4.05. The van der Waals surface area contributed by atoms with Crippen molar-refractivity contribution in [2.75, 3.05) is 16.2 Å². The summed E-state index contributed by atoms with van der Waals surface area (Å²) in [6.07, 6.45) is 2.27. The molecule has 1 heterocycles. The summed E-state index contributed by atoms with van der Waals surface area (Å²) < 4.78 is 42.4. The first kappa shape index (κ1) is 18.7. The molecule has 142 valence electrons. The Balaban J connectivity index is 1.77. The highest BCUT2D eigenvalue weighted by atomic mass is 79.9. The number of hydrogen-bond donors (Lipinski definition) is 1. The van der Waals surface area contributed by atoms with Crippen LogP contribution in [0.1, 0.15) is 18.4 Å². The first-order valence-electron chi connectivity index (χ1n) is 8.38. The van der Waals surface area contributed by atoms with Gasteiger partial charge < -0.3 is 4.90 Å². The largest absolute Gasteiger partial charge is 0.310 e. The van der Waals surface area contributed by atoms with Crippen molar-refractivity contribution in [1.82, 2.24) is 0 Å². The van der Waals surface area contributed by atoms with Gasteiger partial charge in [0, 0.05) is 16.9 Å². The molecule has 1 amide bonds. The number of rotatable bonds is 4. The zero-order valence-electron chi connectivity index (χ0n) is 14.0. The number of fused-ring (bicyclic) bond motifs is 1. The van der Waals surface area contributed by atoms with Crippen LogP contribution in [0.25, 0.3) is 0 Å². The molecule has 5 nitrogen and oxygen atoms in total. The van der Waals surface area contributed by atoms with E-state index in [9.17, 15) is 17.6 Å². The van der Waals surface area contributed by atoms with E-state index in [-0.39, 0.29) is 27.4 Å². The normalized spacial score (nSPS) is 16.3. The quantitative estimate of drug-likeness (QED) is 0.718. The van der Waals surface area contributed by atoms with Crippen LogP contribution in [0.15, 0.2) is 39.7 Å². The van der Waals surface area contributed by atoms with Crippen molar-refractivity contribution in [3.8, 4) is 0 Å². The lowest BCUT2D eigenvalue weighted by Gasteiger charge is -2.21. The van der Waals surface area contributed by atoms with Crippen molar-refractivity contribution in [3.05, 3.63) is 51.2 Å². The lowest BCUT2D eigenvalue weighted by atomic mass is 10.2. The van der Waals surface area contributed by atoms with Crippen LogP contribution in [0, 0.1) is 11.7 Å². The van der Waals surface area contributed by atoms with E-state index in [0.29, 0.717) is 23.1 Å². The highest BCUT2D eigenvalue weighted by Crippen LogP contribution is 2.42. The number of halogens is 3. The van der Waals surface area contributed by atoms with Crippen LogP contribution in [0.2, 0.25) is 5.02 Å². The van der Waals surface area contributed by atoms with E-state index < -0.39 is 15.8 Å². The third kappa shape index (κ3) is 3.58. The molecule has 0 aromatic heterocycles. The third-order valence-corrected chi connectivity index (χ3v) is 6.80. The summed E-state index contributed by atoms with van der Waals surface area (Å²) in [5.41, 5.74) is 1.29. The number of carbonyl (C=O) groups excluding carboxylic acids is 1. The molecule has 1 aliphatic carbocycles. The molecular formula is C18H15BrClFN2O3S. The van der Waals surface area contributed by atoms with Crippen LogP contribution < -0.4 is 9.62 Å². The monoisotopic (exact) mass is 472 g/mol. The number of anilines is 2. The van der Waals surface area contributed by atoms with Crippen molar-refractivity contribution >= 4 is 54.8 Å². The minimum Gasteiger partial charge on any atom is -0.310 e. The van der Waals surface area contributed by atoms with Gasteiger partial charge in [-0.15, -0.1) is 0 Å². The van der Waals surface area contributed by atoms with Crippen molar-refractivity contribution < 1.29 is 17.6 Å². The summed E-state index contributed by atoms with van der Waals surface area (Å²) in [5.74, 6) is -0.616. The SMILES string of the molecule is O=C(C1CC1)N1CCc2cc(Br)cc(S(=O)(=O)Nc3ccc(F)cc3Cl)c21. The van der Waals surface area contributed by atoms with Crippen LogP contribution >= 0.6 is 27.5 Å². The fraction of sp³-hybridized carbons (Fsp3) is 0.278. The Labute approximate surface area is 169 Å². The van der Waals surface area contributed by atoms with Gasteiger partial charge in [-0.05, 0) is 55.2 Å². The molecule has 0 atom stereocenters. The molecule has 0 unspecified atom stereocenters. The zero-order valence-corrected chi connectivity index (χ0v) is 17.2. The topological polar surface area (TPSA) is 66.5 Å². The number of sulfonamides is 1. The van der Waals surface area contributed by atoms with E-state index in [1.165, 1.54) is 12.1 Å². The summed E-state index contributed by atoms with van der Waals surface area (Å²) in [4.78, 5) is 14.2. The smallest absolute Gasteiger partial charge is 0.264 e. The van der Waals surface area contributed by atoms with Crippen molar-refractivity contribution in [2.24, 2.45) is 5.92 Å². The summed E-state index contributed by atoms with van der Waals surface area (Å²) in [6.45, 7) is 0.459. The lowest BCUT2D eigenvalue weighted by molar-refractivity contribution is -0.119. The van der Waals surface area contributed by atoms with E-state index >= 15 is 0 Å². The van der Waals surface area contributed by atoms with Gasteiger partial charge in [0.2, 0.25) is 5.91 Å².